The van der Waals surface area contributed by atoms with Crippen LogP contribution in [0.15, 0.2) is 35.1 Å². The first-order valence-electron chi connectivity index (χ1n) is 8.39. The van der Waals surface area contributed by atoms with Crippen LogP contribution in [0.3, 0.4) is 0 Å². The molecule has 3 rings (SSSR count). The molecule has 25 heavy (non-hydrogen) atoms. The van der Waals surface area contributed by atoms with Crippen molar-refractivity contribution in [3.63, 3.8) is 0 Å². The summed E-state index contributed by atoms with van der Waals surface area (Å²) in [6, 6.07) is 8.64. The van der Waals surface area contributed by atoms with Gasteiger partial charge in [0, 0.05) is 43.5 Å². The molecule has 0 saturated carbocycles. The Kier molecular flexibility index (Phi) is 5.02. The van der Waals surface area contributed by atoms with E-state index < -0.39 is 0 Å². The highest BCUT2D eigenvalue weighted by Crippen LogP contribution is 2.16. The van der Waals surface area contributed by atoms with Crippen molar-refractivity contribution in [2.24, 2.45) is 0 Å². The first kappa shape index (κ1) is 17.0. The number of benzene rings is 1. The van der Waals surface area contributed by atoms with Crippen LogP contribution in [0.1, 0.15) is 23.0 Å². The van der Waals surface area contributed by atoms with Crippen molar-refractivity contribution in [1.82, 2.24) is 14.9 Å². The summed E-state index contributed by atoms with van der Waals surface area (Å²) in [5, 5.41) is 0. The van der Waals surface area contributed by atoms with Crippen molar-refractivity contribution in [3.8, 4) is 5.75 Å². The summed E-state index contributed by atoms with van der Waals surface area (Å²) < 4.78 is 5.12. The summed E-state index contributed by atoms with van der Waals surface area (Å²) in [7, 11) is 1.60. The molecule has 7 heteroatoms. The normalized spacial score (nSPS) is 14.5. The molecule has 1 aromatic carbocycles. The number of carbonyl (C=O) groups is 1. The van der Waals surface area contributed by atoms with Crippen molar-refractivity contribution in [3.05, 3.63) is 51.9 Å². The zero-order valence-corrected chi connectivity index (χ0v) is 14.5. The second-order valence-electron chi connectivity index (χ2n) is 5.92. The lowest BCUT2D eigenvalue weighted by atomic mass is 10.1. The molecule has 7 nitrogen and oxygen atoms in total. The van der Waals surface area contributed by atoms with E-state index in [1.54, 1.807) is 31.4 Å². The second-order valence-corrected chi connectivity index (χ2v) is 5.92. The summed E-state index contributed by atoms with van der Waals surface area (Å²) in [5.74, 6) is 1.32. The average molecular weight is 342 g/mol. The van der Waals surface area contributed by atoms with Crippen LogP contribution in [-0.2, 0) is 6.42 Å². The molecule has 0 radical (unpaired) electrons. The number of amides is 1. The van der Waals surface area contributed by atoms with Crippen LogP contribution in [0.5, 0.6) is 5.75 Å². The molecule has 0 unspecified atom stereocenters. The van der Waals surface area contributed by atoms with E-state index in [0.717, 1.165) is 11.4 Å². The van der Waals surface area contributed by atoms with Gasteiger partial charge in [-0.1, -0.05) is 6.92 Å². The lowest BCUT2D eigenvalue weighted by Gasteiger charge is -2.35. The summed E-state index contributed by atoms with van der Waals surface area (Å²) in [4.78, 5) is 35.4. The van der Waals surface area contributed by atoms with Gasteiger partial charge in [-0.25, -0.2) is 4.98 Å². The lowest BCUT2D eigenvalue weighted by molar-refractivity contribution is 0.0746. The average Bonchev–Trinajstić information content (AvgIpc) is 2.67. The van der Waals surface area contributed by atoms with Gasteiger partial charge >= 0.3 is 0 Å². The fourth-order valence-corrected chi connectivity index (χ4v) is 2.86. The molecule has 1 aliphatic rings. The summed E-state index contributed by atoms with van der Waals surface area (Å²) >= 11 is 0. The first-order chi connectivity index (χ1) is 12.1. The number of aromatic amines is 1. The maximum absolute atomic E-state index is 12.6. The molecule has 0 atom stereocenters. The van der Waals surface area contributed by atoms with E-state index in [-0.39, 0.29) is 11.5 Å². The Hall–Kier alpha value is -2.83. The Labute approximate surface area is 146 Å². The smallest absolute Gasteiger partial charge is 0.253 e. The predicted molar refractivity (Wildman–Crippen MR) is 95.3 cm³/mol. The number of rotatable bonds is 4. The number of ether oxygens (including phenoxy) is 1. The van der Waals surface area contributed by atoms with Crippen LogP contribution in [0, 0.1) is 0 Å². The van der Waals surface area contributed by atoms with Crippen molar-refractivity contribution >= 4 is 11.9 Å². The minimum Gasteiger partial charge on any atom is -0.497 e. The fraction of sp³-hybridized carbons (Fsp3) is 0.389. The summed E-state index contributed by atoms with van der Waals surface area (Å²) in [6.45, 7) is 4.42. The third-order valence-electron chi connectivity index (χ3n) is 4.35. The van der Waals surface area contributed by atoms with Gasteiger partial charge in [-0.15, -0.1) is 0 Å². The van der Waals surface area contributed by atoms with Gasteiger partial charge in [0.2, 0.25) is 5.95 Å². The van der Waals surface area contributed by atoms with Gasteiger partial charge in [0.15, 0.2) is 0 Å². The Balaban J connectivity index is 1.66. The van der Waals surface area contributed by atoms with E-state index in [0.29, 0.717) is 44.1 Å². The number of nitrogens with one attached hydrogen (secondary N) is 1. The van der Waals surface area contributed by atoms with Crippen LogP contribution in [-0.4, -0.2) is 54.1 Å². The van der Waals surface area contributed by atoms with Gasteiger partial charge in [0.1, 0.15) is 5.75 Å². The zero-order valence-electron chi connectivity index (χ0n) is 14.5. The number of aryl methyl sites for hydroxylation is 1. The van der Waals surface area contributed by atoms with E-state index in [2.05, 4.69) is 9.97 Å². The van der Waals surface area contributed by atoms with Crippen LogP contribution in [0.25, 0.3) is 0 Å². The van der Waals surface area contributed by atoms with Gasteiger partial charge in [-0.05, 0) is 30.7 Å². The molecule has 1 N–H and O–H groups in total. The Morgan fingerprint density at radius 1 is 1.20 bits per heavy atom. The quantitative estimate of drug-likeness (QED) is 0.906. The first-order valence-corrected chi connectivity index (χ1v) is 8.39. The number of piperazine rings is 1. The Bertz CT molecular complexity index is 793. The van der Waals surface area contributed by atoms with Gasteiger partial charge < -0.3 is 14.5 Å². The molecule has 1 fully saturated rings. The van der Waals surface area contributed by atoms with Gasteiger partial charge in [-0.2, -0.15) is 0 Å². The molecular formula is C18H22N4O3. The third-order valence-corrected chi connectivity index (χ3v) is 4.35. The third kappa shape index (κ3) is 3.81. The second kappa shape index (κ2) is 7.38. The van der Waals surface area contributed by atoms with Crippen molar-refractivity contribution < 1.29 is 9.53 Å². The highest BCUT2D eigenvalue weighted by atomic mass is 16.5. The van der Waals surface area contributed by atoms with Crippen molar-refractivity contribution in [2.75, 3.05) is 38.2 Å². The van der Waals surface area contributed by atoms with Crippen LogP contribution in [0.4, 0.5) is 5.95 Å². The van der Waals surface area contributed by atoms with E-state index in [1.165, 1.54) is 6.07 Å². The Morgan fingerprint density at radius 3 is 2.48 bits per heavy atom. The van der Waals surface area contributed by atoms with E-state index in [1.807, 2.05) is 16.7 Å². The van der Waals surface area contributed by atoms with E-state index in [4.69, 9.17) is 4.74 Å². The maximum atomic E-state index is 12.6. The number of carbonyl (C=O) groups excluding carboxylic acids is 1. The predicted octanol–water partition coefficient (Wildman–Crippen LogP) is 1.30. The SMILES string of the molecule is CCc1cc(=O)[nH]c(N2CCN(C(=O)c3ccc(OC)cc3)CC2)n1. The number of H-pyrrole nitrogens is 1. The number of hydrogen-bond donors (Lipinski definition) is 1. The molecule has 2 heterocycles. The molecule has 0 aliphatic carbocycles. The summed E-state index contributed by atoms with van der Waals surface area (Å²) in [5.41, 5.74) is 1.28. The molecule has 0 bridgehead atoms. The van der Waals surface area contributed by atoms with Gasteiger partial charge in [0.05, 0.1) is 7.11 Å². The summed E-state index contributed by atoms with van der Waals surface area (Å²) in [6.07, 6.45) is 0.715. The molecule has 1 aliphatic heterocycles. The number of anilines is 1. The van der Waals surface area contributed by atoms with Crippen LogP contribution in [0.2, 0.25) is 0 Å². The maximum Gasteiger partial charge on any atom is 0.253 e. The molecule has 1 saturated heterocycles. The molecule has 1 aromatic heterocycles. The highest BCUT2D eigenvalue weighted by Gasteiger charge is 2.23. The standard InChI is InChI=1S/C18H22N4O3/c1-3-14-12-16(23)20-18(19-14)22-10-8-21(9-11-22)17(24)13-4-6-15(25-2)7-5-13/h4-7,12H,3,8-11H2,1-2H3,(H,19,20,23). The fourth-order valence-electron chi connectivity index (χ4n) is 2.86. The molecular weight excluding hydrogens is 320 g/mol. The van der Waals surface area contributed by atoms with Crippen molar-refractivity contribution in [1.29, 1.82) is 0 Å². The van der Waals surface area contributed by atoms with E-state index in [9.17, 15) is 9.59 Å². The number of nitrogens with zero attached hydrogens (tertiary/aromatic N) is 3. The van der Waals surface area contributed by atoms with Crippen LogP contribution < -0.4 is 15.2 Å². The van der Waals surface area contributed by atoms with E-state index >= 15 is 0 Å². The lowest BCUT2D eigenvalue weighted by Crippen LogP contribution is -2.49. The molecule has 0 spiro atoms. The molecule has 132 valence electrons. The highest BCUT2D eigenvalue weighted by molar-refractivity contribution is 5.94. The minimum atomic E-state index is -0.140. The van der Waals surface area contributed by atoms with Crippen LogP contribution >= 0.6 is 0 Å². The largest absolute Gasteiger partial charge is 0.497 e. The monoisotopic (exact) mass is 342 g/mol. The number of aromatic nitrogens is 2. The minimum absolute atomic E-state index is 0.00562. The number of methoxy groups -OCH3 is 1. The van der Waals surface area contributed by atoms with Gasteiger partial charge in [-0.3, -0.25) is 14.6 Å². The topological polar surface area (TPSA) is 78.5 Å². The number of hydrogen-bond acceptors (Lipinski definition) is 5. The Morgan fingerprint density at radius 2 is 1.88 bits per heavy atom. The zero-order chi connectivity index (χ0) is 17.8. The van der Waals surface area contributed by atoms with Gasteiger partial charge in [0.25, 0.3) is 11.5 Å². The van der Waals surface area contributed by atoms with Crippen molar-refractivity contribution in [2.45, 2.75) is 13.3 Å². The molecule has 2 aromatic rings. The molecule has 1 amide bonds.